The standard InChI is InChI=1S/C16H25N3/c1-4-16(5-2,14-9-7-6-8-10-14)12-18-15-17-11-13(3)19-15/h6-10,13H,4-5,11-12H2,1-3H3,(H2,17,18,19). The van der Waals surface area contributed by atoms with Crippen molar-refractivity contribution in [2.45, 2.75) is 45.1 Å². The lowest BCUT2D eigenvalue weighted by molar-refractivity contribution is 0.390. The van der Waals surface area contributed by atoms with Gasteiger partial charge in [-0.3, -0.25) is 4.99 Å². The zero-order chi connectivity index (χ0) is 13.7. The van der Waals surface area contributed by atoms with Gasteiger partial charge in [0, 0.05) is 18.0 Å². The number of hydrogen-bond donors (Lipinski definition) is 2. The number of aliphatic imine (C=N–C) groups is 1. The van der Waals surface area contributed by atoms with Crippen LogP contribution in [0.25, 0.3) is 0 Å². The average molecular weight is 259 g/mol. The predicted molar refractivity (Wildman–Crippen MR) is 81.6 cm³/mol. The molecular formula is C16H25N3. The molecule has 2 rings (SSSR count). The molecule has 2 N–H and O–H groups in total. The first-order valence-electron chi connectivity index (χ1n) is 7.30. The van der Waals surface area contributed by atoms with Crippen LogP contribution in [0.4, 0.5) is 0 Å². The van der Waals surface area contributed by atoms with Gasteiger partial charge in [0.05, 0.1) is 6.54 Å². The normalized spacial score (nSPS) is 18.9. The number of guanidine groups is 1. The number of hydrogen-bond acceptors (Lipinski definition) is 3. The maximum Gasteiger partial charge on any atom is 0.191 e. The third-order valence-electron chi connectivity index (χ3n) is 4.24. The van der Waals surface area contributed by atoms with Gasteiger partial charge >= 0.3 is 0 Å². The van der Waals surface area contributed by atoms with Crippen LogP contribution in [0.5, 0.6) is 0 Å². The fourth-order valence-corrected chi connectivity index (χ4v) is 2.71. The Labute approximate surface area is 116 Å². The number of nitrogens with zero attached hydrogens (tertiary/aromatic N) is 1. The molecule has 3 heteroatoms. The highest BCUT2D eigenvalue weighted by molar-refractivity contribution is 5.81. The Morgan fingerprint density at radius 1 is 1.26 bits per heavy atom. The van der Waals surface area contributed by atoms with Crippen LogP contribution in [0.1, 0.15) is 39.2 Å². The molecule has 1 aliphatic heterocycles. The molecule has 1 atom stereocenters. The van der Waals surface area contributed by atoms with E-state index < -0.39 is 0 Å². The quantitative estimate of drug-likeness (QED) is 0.853. The second-order valence-electron chi connectivity index (χ2n) is 5.44. The molecule has 0 radical (unpaired) electrons. The van der Waals surface area contributed by atoms with E-state index in [0.717, 1.165) is 31.9 Å². The Balaban J connectivity index is 2.08. The van der Waals surface area contributed by atoms with Crippen LogP contribution in [0.3, 0.4) is 0 Å². The fourth-order valence-electron chi connectivity index (χ4n) is 2.71. The Hall–Kier alpha value is -1.51. The van der Waals surface area contributed by atoms with Crippen molar-refractivity contribution < 1.29 is 0 Å². The van der Waals surface area contributed by atoms with E-state index in [1.54, 1.807) is 0 Å². The molecule has 0 aromatic heterocycles. The van der Waals surface area contributed by atoms with Gasteiger partial charge in [-0.15, -0.1) is 0 Å². The maximum absolute atomic E-state index is 4.48. The van der Waals surface area contributed by atoms with E-state index in [9.17, 15) is 0 Å². The lowest BCUT2D eigenvalue weighted by Crippen LogP contribution is -2.45. The second kappa shape index (κ2) is 6.09. The van der Waals surface area contributed by atoms with Crippen molar-refractivity contribution in [1.82, 2.24) is 10.6 Å². The lowest BCUT2D eigenvalue weighted by Gasteiger charge is -2.33. The Kier molecular flexibility index (Phi) is 4.46. The average Bonchev–Trinajstić information content (AvgIpc) is 2.88. The van der Waals surface area contributed by atoms with Crippen molar-refractivity contribution in [3.05, 3.63) is 35.9 Å². The molecule has 0 saturated carbocycles. The van der Waals surface area contributed by atoms with Gasteiger partial charge in [-0.1, -0.05) is 44.2 Å². The van der Waals surface area contributed by atoms with Crippen LogP contribution >= 0.6 is 0 Å². The topological polar surface area (TPSA) is 36.4 Å². The van der Waals surface area contributed by atoms with Crippen molar-refractivity contribution in [2.24, 2.45) is 4.99 Å². The van der Waals surface area contributed by atoms with Crippen molar-refractivity contribution in [1.29, 1.82) is 0 Å². The third-order valence-corrected chi connectivity index (χ3v) is 4.24. The molecule has 0 bridgehead atoms. The molecule has 1 heterocycles. The summed E-state index contributed by atoms with van der Waals surface area (Å²) < 4.78 is 0. The van der Waals surface area contributed by atoms with Gasteiger partial charge in [-0.25, -0.2) is 0 Å². The minimum absolute atomic E-state index is 0.192. The van der Waals surface area contributed by atoms with Crippen LogP contribution < -0.4 is 10.6 Å². The Morgan fingerprint density at radius 3 is 2.47 bits per heavy atom. The highest BCUT2D eigenvalue weighted by atomic mass is 15.2. The van der Waals surface area contributed by atoms with Gasteiger partial charge in [0.1, 0.15) is 0 Å². The van der Waals surface area contributed by atoms with E-state index in [-0.39, 0.29) is 5.41 Å². The van der Waals surface area contributed by atoms with Crippen LogP contribution in [-0.2, 0) is 5.41 Å². The summed E-state index contributed by atoms with van der Waals surface area (Å²) in [6, 6.07) is 11.3. The Bertz CT molecular complexity index is 421. The van der Waals surface area contributed by atoms with Gasteiger partial charge < -0.3 is 10.6 Å². The number of rotatable bonds is 5. The maximum atomic E-state index is 4.48. The SMILES string of the molecule is CCC(CC)(CNC1=NCC(C)N1)c1ccccc1. The summed E-state index contributed by atoms with van der Waals surface area (Å²) in [5.74, 6) is 0.953. The van der Waals surface area contributed by atoms with Gasteiger partial charge in [-0.05, 0) is 25.3 Å². The van der Waals surface area contributed by atoms with Gasteiger partial charge in [0.15, 0.2) is 5.96 Å². The molecule has 1 aromatic carbocycles. The molecule has 0 fully saturated rings. The molecular weight excluding hydrogens is 234 g/mol. The van der Waals surface area contributed by atoms with Crippen LogP contribution in [0.15, 0.2) is 35.3 Å². The lowest BCUT2D eigenvalue weighted by atomic mass is 9.76. The van der Waals surface area contributed by atoms with Crippen LogP contribution in [0, 0.1) is 0 Å². The van der Waals surface area contributed by atoms with Crippen molar-refractivity contribution in [3.8, 4) is 0 Å². The summed E-state index contributed by atoms with van der Waals surface area (Å²) in [7, 11) is 0. The summed E-state index contributed by atoms with van der Waals surface area (Å²) in [6.45, 7) is 8.50. The van der Waals surface area contributed by atoms with Crippen molar-refractivity contribution in [2.75, 3.05) is 13.1 Å². The van der Waals surface area contributed by atoms with Crippen molar-refractivity contribution >= 4 is 5.96 Å². The molecule has 0 spiro atoms. The second-order valence-corrected chi connectivity index (χ2v) is 5.44. The zero-order valence-electron chi connectivity index (χ0n) is 12.2. The molecule has 19 heavy (non-hydrogen) atoms. The minimum atomic E-state index is 0.192. The molecule has 1 aromatic rings. The first kappa shape index (κ1) is 13.9. The number of nitrogens with one attached hydrogen (secondary N) is 2. The van der Waals surface area contributed by atoms with Gasteiger partial charge in [0.2, 0.25) is 0 Å². The highest BCUT2D eigenvalue weighted by Gasteiger charge is 2.29. The van der Waals surface area contributed by atoms with E-state index in [2.05, 4.69) is 66.7 Å². The van der Waals surface area contributed by atoms with E-state index in [0.29, 0.717) is 6.04 Å². The third kappa shape index (κ3) is 3.09. The van der Waals surface area contributed by atoms with Crippen LogP contribution in [0.2, 0.25) is 0 Å². The summed E-state index contributed by atoms with van der Waals surface area (Å²) in [6.07, 6.45) is 2.26. The summed E-state index contributed by atoms with van der Waals surface area (Å²) >= 11 is 0. The molecule has 1 aliphatic rings. The largest absolute Gasteiger partial charge is 0.356 e. The van der Waals surface area contributed by atoms with E-state index in [4.69, 9.17) is 0 Å². The van der Waals surface area contributed by atoms with E-state index >= 15 is 0 Å². The van der Waals surface area contributed by atoms with E-state index in [1.807, 2.05) is 0 Å². The number of benzene rings is 1. The van der Waals surface area contributed by atoms with Gasteiger partial charge in [-0.2, -0.15) is 0 Å². The molecule has 0 aliphatic carbocycles. The van der Waals surface area contributed by atoms with Gasteiger partial charge in [0.25, 0.3) is 0 Å². The van der Waals surface area contributed by atoms with E-state index in [1.165, 1.54) is 5.56 Å². The minimum Gasteiger partial charge on any atom is -0.356 e. The first-order chi connectivity index (χ1) is 9.20. The summed E-state index contributed by atoms with van der Waals surface area (Å²) in [5.41, 5.74) is 1.61. The highest BCUT2D eigenvalue weighted by Crippen LogP contribution is 2.30. The van der Waals surface area contributed by atoms with Crippen molar-refractivity contribution in [3.63, 3.8) is 0 Å². The fraction of sp³-hybridized carbons (Fsp3) is 0.562. The summed E-state index contributed by atoms with van der Waals surface area (Å²) in [5, 5.41) is 6.86. The molecule has 1 unspecified atom stereocenters. The monoisotopic (exact) mass is 259 g/mol. The smallest absolute Gasteiger partial charge is 0.191 e. The summed E-state index contributed by atoms with van der Waals surface area (Å²) in [4.78, 5) is 4.48. The molecule has 3 nitrogen and oxygen atoms in total. The predicted octanol–water partition coefficient (Wildman–Crippen LogP) is 2.68. The molecule has 104 valence electrons. The zero-order valence-corrected chi connectivity index (χ0v) is 12.2. The Morgan fingerprint density at radius 2 is 1.95 bits per heavy atom. The molecule has 0 saturated heterocycles. The van der Waals surface area contributed by atoms with Crippen LogP contribution in [-0.4, -0.2) is 25.1 Å². The molecule has 0 amide bonds. The first-order valence-corrected chi connectivity index (χ1v) is 7.30.